The van der Waals surface area contributed by atoms with E-state index in [0.29, 0.717) is 5.75 Å². The van der Waals surface area contributed by atoms with Crippen molar-refractivity contribution in [2.75, 3.05) is 0 Å². The molecule has 0 amide bonds. The van der Waals surface area contributed by atoms with Crippen LogP contribution in [0.2, 0.25) is 0 Å². The normalized spacial score (nSPS) is 10.6. The summed E-state index contributed by atoms with van der Waals surface area (Å²) in [5.41, 5.74) is 0.933. The molecule has 2 heteroatoms. The predicted molar refractivity (Wildman–Crippen MR) is 56.7 cm³/mol. The second-order valence-electron chi connectivity index (χ2n) is 3.32. The molecule has 72 valence electrons. The van der Waals surface area contributed by atoms with Crippen molar-refractivity contribution in [3.8, 4) is 11.5 Å². The van der Waals surface area contributed by atoms with Crippen molar-refractivity contribution in [3.05, 3.63) is 35.9 Å². The van der Waals surface area contributed by atoms with Crippen LogP contribution < -0.4 is 0 Å². The maximum Gasteiger partial charge on any atom is 0.119 e. The zero-order valence-electron chi connectivity index (χ0n) is 7.99. The summed E-state index contributed by atoms with van der Waals surface area (Å²) in [5.74, 6) is 0.580. The van der Waals surface area contributed by atoms with Gasteiger partial charge in [0, 0.05) is 5.56 Å². The topological polar surface area (TPSA) is 40.5 Å². The number of hydrogen-bond donors (Lipinski definition) is 2. The summed E-state index contributed by atoms with van der Waals surface area (Å²) in [4.78, 5) is 0. The van der Waals surface area contributed by atoms with Gasteiger partial charge in [-0.3, -0.25) is 0 Å². The molecule has 2 aromatic carbocycles. The van der Waals surface area contributed by atoms with Crippen LogP contribution in [0.4, 0.5) is 0 Å². The van der Waals surface area contributed by atoms with Gasteiger partial charge in [0.2, 0.25) is 0 Å². The quantitative estimate of drug-likeness (QED) is 0.722. The van der Waals surface area contributed by atoms with E-state index < -0.39 is 0 Å². The molecule has 2 aromatic rings. The first-order valence-corrected chi connectivity index (χ1v) is 4.66. The van der Waals surface area contributed by atoms with E-state index >= 15 is 0 Å². The van der Waals surface area contributed by atoms with Gasteiger partial charge in [-0.2, -0.15) is 0 Å². The molecule has 0 atom stereocenters. The summed E-state index contributed by atoms with van der Waals surface area (Å²) in [6, 6.07) is 8.66. The van der Waals surface area contributed by atoms with Gasteiger partial charge < -0.3 is 10.2 Å². The number of aryl methyl sites for hydroxylation is 1. The van der Waals surface area contributed by atoms with Gasteiger partial charge >= 0.3 is 0 Å². The van der Waals surface area contributed by atoms with E-state index in [0.717, 1.165) is 22.8 Å². The van der Waals surface area contributed by atoms with Gasteiger partial charge in [0.15, 0.2) is 0 Å². The Morgan fingerprint density at radius 3 is 2.57 bits per heavy atom. The van der Waals surface area contributed by atoms with E-state index in [1.54, 1.807) is 18.2 Å². The second kappa shape index (κ2) is 3.22. The number of fused-ring (bicyclic) bond motifs is 1. The molecule has 0 aliphatic rings. The summed E-state index contributed by atoms with van der Waals surface area (Å²) in [5, 5.41) is 20.9. The van der Waals surface area contributed by atoms with Gasteiger partial charge in [-0.25, -0.2) is 0 Å². The molecule has 0 spiro atoms. The molecule has 0 aliphatic carbocycles. The summed E-state index contributed by atoms with van der Waals surface area (Å²) in [6.45, 7) is 2.00. The van der Waals surface area contributed by atoms with E-state index in [2.05, 4.69) is 0 Å². The van der Waals surface area contributed by atoms with Crippen molar-refractivity contribution in [3.63, 3.8) is 0 Å². The zero-order chi connectivity index (χ0) is 10.1. The standard InChI is InChI=1S/C12H12O2/c1-2-10-11-5-4-9(13)7-8(11)3-6-12(10)14/h3-7,13-14H,2H2,1H3. The van der Waals surface area contributed by atoms with Crippen LogP contribution in [0.3, 0.4) is 0 Å². The molecular weight excluding hydrogens is 176 g/mol. The minimum atomic E-state index is 0.255. The molecule has 0 unspecified atom stereocenters. The number of phenols is 2. The van der Waals surface area contributed by atoms with Crippen LogP contribution in [0.5, 0.6) is 11.5 Å². The highest BCUT2D eigenvalue weighted by Gasteiger charge is 2.04. The Morgan fingerprint density at radius 1 is 1.07 bits per heavy atom. The van der Waals surface area contributed by atoms with Crippen molar-refractivity contribution < 1.29 is 10.2 Å². The minimum absolute atomic E-state index is 0.255. The fourth-order valence-corrected chi connectivity index (χ4v) is 1.74. The van der Waals surface area contributed by atoms with Crippen molar-refractivity contribution in [2.24, 2.45) is 0 Å². The summed E-state index contributed by atoms with van der Waals surface area (Å²) in [7, 11) is 0. The summed E-state index contributed by atoms with van der Waals surface area (Å²) < 4.78 is 0. The molecule has 0 saturated heterocycles. The fraction of sp³-hybridized carbons (Fsp3) is 0.167. The lowest BCUT2D eigenvalue weighted by molar-refractivity contribution is 0.469. The molecule has 0 heterocycles. The predicted octanol–water partition coefficient (Wildman–Crippen LogP) is 2.81. The lowest BCUT2D eigenvalue weighted by atomic mass is 10.0. The maximum atomic E-state index is 9.62. The van der Waals surface area contributed by atoms with Crippen LogP contribution in [0.25, 0.3) is 10.8 Å². The molecule has 0 aromatic heterocycles. The van der Waals surface area contributed by atoms with Crippen LogP contribution >= 0.6 is 0 Å². The molecule has 0 fully saturated rings. The number of hydrogen-bond acceptors (Lipinski definition) is 2. The first-order valence-electron chi connectivity index (χ1n) is 4.66. The third kappa shape index (κ3) is 1.29. The number of benzene rings is 2. The lowest BCUT2D eigenvalue weighted by Gasteiger charge is -2.06. The first kappa shape index (κ1) is 8.88. The van der Waals surface area contributed by atoms with Crippen LogP contribution in [-0.2, 0) is 6.42 Å². The highest BCUT2D eigenvalue weighted by Crippen LogP contribution is 2.29. The molecule has 0 radical (unpaired) electrons. The van der Waals surface area contributed by atoms with E-state index in [9.17, 15) is 10.2 Å². The largest absolute Gasteiger partial charge is 0.508 e. The smallest absolute Gasteiger partial charge is 0.119 e. The third-order valence-electron chi connectivity index (χ3n) is 2.44. The highest BCUT2D eigenvalue weighted by molar-refractivity contribution is 5.88. The molecule has 2 rings (SSSR count). The Kier molecular flexibility index (Phi) is 2.04. The van der Waals surface area contributed by atoms with Gasteiger partial charge in [0.25, 0.3) is 0 Å². The number of phenolic OH excluding ortho intramolecular Hbond substituents is 2. The number of rotatable bonds is 1. The van der Waals surface area contributed by atoms with E-state index in [4.69, 9.17) is 0 Å². The van der Waals surface area contributed by atoms with Crippen molar-refractivity contribution >= 4 is 10.8 Å². The van der Waals surface area contributed by atoms with Crippen LogP contribution in [0.1, 0.15) is 12.5 Å². The highest BCUT2D eigenvalue weighted by atomic mass is 16.3. The zero-order valence-corrected chi connectivity index (χ0v) is 7.99. The summed E-state index contributed by atoms with van der Waals surface area (Å²) >= 11 is 0. The molecule has 0 aliphatic heterocycles. The van der Waals surface area contributed by atoms with Crippen molar-refractivity contribution in [2.45, 2.75) is 13.3 Å². The first-order chi connectivity index (χ1) is 6.72. The van der Waals surface area contributed by atoms with Gasteiger partial charge in [-0.1, -0.05) is 19.1 Å². The fourth-order valence-electron chi connectivity index (χ4n) is 1.74. The van der Waals surface area contributed by atoms with Gasteiger partial charge in [-0.05, 0) is 35.4 Å². The van der Waals surface area contributed by atoms with E-state index in [1.165, 1.54) is 0 Å². The van der Waals surface area contributed by atoms with Crippen molar-refractivity contribution in [1.29, 1.82) is 0 Å². The summed E-state index contributed by atoms with van der Waals surface area (Å²) in [6.07, 6.45) is 0.786. The average Bonchev–Trinajstić information content (AvgIpc) is 2.18. The van der Waals surface area contributed by atoms with E-state index in [1.807, 2.05) is 19.1 Å². The lowest BCUT2D eigenvalue weighted by Crippen LogP contribution is -1.84. The molecule has 0 bridgehead atoms. The molecule has 2 nitrogen and oxygen atoms in total. The van der Waals surface area contributed by atoms with Crippen LogP contribution in [0.15, 0.2) is 30.3 Å². The maximum absolute atomic E-state index is 9.62. The van der Waals surface area contributed by atoms with Crippen LogP contribution in [0, 0.1) is 0 Å². The second-order valence-corrected chi connectivity index (χ2v) is 3.32. The Hall–Kier alpha value is -1.70. The van der Waals surface area contributed by atoms with Crippen LogP contribution in [-0.4, -0.2) is 10.2 Å². The monoisotopic (exact) mass is 188 g/mol. The Morgan fingerprint density at radius 2 is 1.86 bits per heavy atom. The molecule has 0 saturated carbocycles. The van der Waals surface area contributed by atoms with Gasteiger partial charge in [0.1, 0.15) is 11.5 Å². The number of aromatic hydroxyl groups is 2. The molecule has 2 N–H and O–H groups in total. The average molecular weight is 188 g/mol. The molecular formula is C12H12O2. The Balaban J connectivity index is 2.82. The Labute approximate surface area is 82.4 Å². The van der Waals surface area contributed by atoms with E-state index in [-0.39, 0.29) is 5.75 Å². The van der Waals surface area contributed by atoms with Gasteiger partial charge in [-0.15, -0.1) is 0 Å². The van der Waals surface area contributed by atoms with Gasteiger partial charge in [0.05, 0.1) is 0 Å². The minimum Gasteiger partial charge on any atom is -0.508 e. The molecule has 14 heavy (non-hydrogen) atoms. The SMILES string of the molecule is CCc1c(O)ccc2cc(O)ccc12. The van der Waals surface area contributed by atoms with Crippen molar-refractivity contribution in [1.82, 2.24) is 0 Å². The third-order valence-corrected chi connectivity index (χ3v) is 2.44. The Bertz CT molecular complexity index is 475.